The average Bonchev–Trinajstić information content (AvgIpc) is 2.81. The van der Waals surface area contributed by atoms with E-state index in [2.05, 4.69) is 0 Å². The first-order valence-electron chi connectivity index (χ1n) is 6.23. The Bertz CT molecular complexity index is 445. The number of carbonyl (C=O) groups excluding carboxylic acids is 1. The van der Waals surface area contributed by atoms with Crippen LogP contribution in [0.15, 0.2) is 18.2 Å². The third-order valence-corrected chi connectivity index (χ3v) is 3.36. The molecule has 0 saturated carbocycles. The summed E-state index contributed by atoms with van der Waals surface area (Å²) in [4.78, 5) is 13.9. The number of ether oxygens (including phenoxy) is 1. The van der Waals surface area contributed by atoms with Gasteiger partial charge < -0.3 is 9.64 Å². The largest absolute Gasteiger partial charge is 0.493 e. The highest BCUT2D eigenvalue weighted by molar-refractivity contribution is 6.20. The van der Waals surface area contributed by atoms with Gasteiger partial charge in [-0.2, -0.15) is 0 Å². The highest BCUT2D eigenvalue weighted by Crippen LogP contribution is 2.26. The van der Waals surface area contributed by atoms with Gasteiger partial charge in [-0.05, 0) is 37.1 Å². The molecule has 0 fully saturated rings. The van der Waals surface area contributed by atoms with Crippen LogP contribution in [0.2, 0.25) is 0 Å². The maximum atomic E-state index is 12.2. The molecule has 0 aromatic heterocycles. The van der Waals surface area contributed by atoms with Crippen LogP contribution in [-0.4, -0.2) is 36.4 Å². The summed E-state index contributed by atoms with van der Waals surface area (Å²) in [7, 11) is 1.81. The summed E-state index contributed by atoms with van der Waals surface area (Å²) >= 11 is 5.89. The van der Waals surface area contributed by atoms with Gasteiger partial charge in [0.2, 0.25) is 0 Å². The van der Waals surface area contributed by atoms with Crippen molar-refractivity contribution < 1.29 is 9.53 Å². The molecule has 4 heteroatoms. The summed E-state index contributed by atoms with van der Waals surface area (Å²) in [5, 5.41) is 0.0914. The predicted molar refractivity (Wildman–Crippen MR) is 72.5 cm³/mol. The Balaban J connectivity index is 2.04. The summed E-state index contributed by atoms with van der Waals surface area (Å²) in [6.45, 7) is 3.33. The van der Waals surface area contributed by atoms with Crippen molar-refractivity contribution in [2.75, 3.05) is 20.2 Å². The highest BCUT2D eigenvalue weighted by atomic mass is 35.5. The van der Waals surface area contributed by atoms with E-state index in [1.807, 2.05) is 32.2 Å². The molecule has 0 bridgehead atoms. The minimum absolute atomic E-state index is 0.0435. The molecular formula is C14H18ClNO2. The molecule has 1 amide bonds. The Morgan fingerprint density at radius 3 is 3.06 bits per heavy atom. The first kappa shape index (κ1) is 13.2. The minimum atomic E-state index is 0.0435. The van der Waals surface area contributed by atoms with Crippen LogP contribution in [0.4, 0.5) is 0 Å². The molecule has 0 aliphatic carbocycles. The van der Waals surface area contributed by atoms with Crippen LogP contribution in [-0.2, 0) is 6.42 Å². The van der Waals surface area contributed by atoms with E-state index < -0.39 is 0 Å². The van der Waals surface area contributed by atoms with Crippen LogP contribution in [0, 0.1) is 0 Å². The zero-order valence-electron chi connectivity index (χ0n) is 10.8. The first-order valence-corrected chi connectivity index (χ1v) is 6.67. The van der Waals surface area contributed by atoms with Gasteiger partial charge in [0.15, 0.2) is 0 Å². The molecule has 0 radical (unpaired) electrons. The smallest absolute Gasteiger partial charge is 0.253 e. The zero-order chi connectivity index (χ0) is 13.1. The number of benzene rings is 1. The predicted octanol–water partition coefficient (Wildman–Crippen LogP) is 2.71. The number of carbonyl (C=O) groups is 1. The second-order valence-electron chi connectivity index (χ2n) is 4.72. The number of rotatable bonds is 4. The molecule has 0 spiro atoms. The molecule has 98 valence electrons. The van der Waals surface area contributed by atoms with E-state index in [-0.39, 0.29) is 11.3 Å². The molecular weight excluding hydrogens is 250 g/mol. The van der Waals surface area contributed by atoms with Gasteiger partial charge in [-0.1, -0.05) is 0 Å². The van der Waals surface area contributed by atoms with Crippen molar-refractivity contribution in [2.24, 2.45) is 0 Å². The fourth-order valence-electron chi connectivity index (χ4n) is 2.01. The lowest BCUT2D eigenvalue weighted by molar-refractivity contribution is 0.0793. The molecule has 1 atom stereocenters. The van der Waals surface area contributed by atoms with E-state index in [9.17, 15) is 4.79 Å². The molecule has 0 saturated heterocycles. The Morgan fingerprint density at radius 2 is 2.33 bits per heavy atom. The van der Waals surface area contributed by atoms with Crippen molar-refractivity contribution in [1.82, 2.24) is 4.90 Å². The van der Waals surface area contributed by atoms with Gasteiger partial charge in [-0.3, -0.25) is 4.79 Å². The topological polar surface area (TPSA) is 29.5 Å². The van der Waals surface area contributed by atoms with Crippen molar-refractivity contribution >= 4 is 17.5 Å². The summed E-state index contributed by atoms with van der Waals surface area (Å²) in [6, 6.07) is 5.64. The monoisotopic (exact) mass is 267 g/mol. The van der Waals surface area contributed by atoms with Gasteiger partial charge in [0.05, 0.1) is 6.61 Å². The van der Waals surface area contributed by atoms with E-state index in [4.69, 9.17) is 16.3 Å². The molecule has 1 aliphatic rings. The Hall–Kier alpha value is -1.22. The van der Waals surface area contributed by atoms with Crippen LogP contribution in [0.5, 0.6) is 5.75 Å². The van der Waals surface area contributed by atoms with Crippen molar-refractivity contribution in [2.45, 2.75) is 25.1 Å². The normalized spacial score (nSPS) is 14.8. The molecule has 1 aliphatic heterocycles. The fourth-order valence-corrected chi connectivity index (χ4v) is 2.11. The lowest BCUT2D eigenvalue weighted by atomic mass is 10.1. The van der Waals surface area contributed by atoms with E-state index in [0.717, 1.165) is 29.7 Å². The highest BCUT2D eigenvalue weighted by Gasteiger charge is 2.17. The molecule has 2 rings (SSSR count). The molecule has 1 aromatic rings. The summed E-state index contributed by atoms with van der Waals surface area (Å²) in [5.41, 5.74) is 1.85. The van der Waals surface area contributed by atoms with E-state index in [1.165, 1.54) is 0 Å². The summed E-state index contributed by atoms with van der Waals surface area (Å²) in [5.74, 6) is 0.950. The van der Waals surface area contributed by atoms with E-state index in [0.29, 0.717) is 13.2 Å². The average molecular weight is 268 g/mol. The lowest BCUT2D eigenvalue weighted by Crippen LogP contribution is -2.28. The van der Waals surface area contributed by atoms with Gasteiger partial charge in [-0.25, -0.2) is 0 Å². The molecule has 3 nitrogen and oxygen atoms in total. The summed E-state index contributed by atoms with van der Waals surface area (Å²) in [6.07, 6.45) is 1.69. The standard InChI is InChI=1S/C14H18ClNO2/c1-10(15)5-7-16(2)14(17)12-3-4-13-11(9-12)6-8-18-13/h3-4,9-10H,5-8H2,1-2H3. The third kappa shape index (κ3) is 2.96. The lowest BCUT2D eigenvalue weighted by Gasteiger charge is -2.18. The number of amides is 1. The third-order valence-electron chi connectivity index (χ3n) is 3.15. The summed E-state index contributed by atoms with van der Waals surface area (Å²) < 4.78 is 5.43. The van der Waals surface area contributed by atoms with Crippen LogP contribution in [0.3, 0.4) is 0 Å². The number of hydrogen-bond donors (Lipinski definition) is 0. The fraction of sp³-hybridized carbons (Fsp3) is 0.500. The Kier molecular flexibility index (Phi) is 4.12. The second kappa shape index (κ2) is 5.61. The van der Waals surface area contributed by atoms with E-state index >= 15 is 0 Å². The Morgan fingerprint density at radius 1 is 1.56 bits per heavy atom. The SMILES string of the molecule is CC(Cl)CCN(C)C(=O)c1ccc2c(c1)CCO2. The molecule has 1 aromatic carbocycles. The molecule has 1 heterocycles. The van der Waals surface area contributed by atoms with Gasteiger partial charge in [0, 0.05) is 31.0 Å². The van der Waals surface area contributed by atoms with Crippen LogP contribution >= 0.6 is 11.6 Å². The number of nitrogens with zero attached hydrogens (tertiary/aromatic N) is 1. The number of hydrogen-bond acceptors (Lipinski definition) is 2. The number of fused-ring (bicyclic) bond motifs is 1. The van der Waals surface area contributed by atoms with Crippen molar-refractivity contribution in [1.29, 1.82) is 0 Å². The first-order chi connectivity index (χ1) is 8.58. The number of halogens is 1. The van der Waals surface area contributed by atoms with Crippen LogP contribution < -0.4 is 4.74 Å². The molecule has 0 N–H and O–H groups in total. The Labute approximate surface area is 113 Å². The van der Waals surface area contributed by atoms with Gasteiger partial charge >= 0.3 is 0 Å². The zero-order valence-corrected chi connectivity index (χ0v) is 11.5. The second-order valence-corrected chi connectivity index (χ2v) is 5.46. The van der Waals surface area contributed by atoms with Crippen LogP contribution in [0.1, 0.15) is 29.3 Å². The van der Waals surface area contributed by atoms with Crippen LogP contribution in [0.25, 0.3) is 0 Å². The van der Waals surface area contributed by atoms with E-state index in [1.54, 1.807) is 4.90 Å². The minimum Gasteiger partial charge on any atom is -0.493 e. The van der Waals surface area contributed by atoms with Gasteiger partial charge in [0.25, 0.3) is 5.91 Å². The van der Waals surface area contributed by atoms with Gasteiger partial charge in [-0.15, -0.1) is 11.6 Å². The molecule has 1 unspecified atom stereocenters. The maximum Gasteiger partial charge on any atom is 0.253 e. The maximum absolute atomic E-state index is 12.2. The van der Waals surface area contributed by atoms with Crippen molar-refractivity contribution in [3.8, 4) is 5.75 Å². The van der Waals surface area contributed by atoms with Gasteiger partial charge in [0.1, 0.15) is 5.75 Å². The quantitative estimate of drug-likeness (QED) is 0.785. The molecule has 18 heavy (non-hydrogen) atoms. The van der Waals surface area contributed by atoms with Crippen molar-refractivity contribution in [3.05, 3.63) is 29.3 Å². The number of alkyl halides is 1. The van der Waals surface area contributed by atoms with Crippen molar-refractivity contribution in [3.63, 3.8) is 0 Å².